The van der Waals surface area contributed by atoms with Crippen molar-refractivity contribution in [2.24, 2.45) is 7.05 Å². The van der Waals surface area contributed by atoms with Crippen molar-refractivity contribution in [1.82, 2.24) is 9.88 Å². The van der Waals surface area contributed by atoms with Gasteiger partial charge >= 0.3 is 5.97 Å². The third-order valence-electron chi connectivity index (χ3n) is 2.38. The summed E-state index contributed by atoms with van der Waals surface area (Å²) < 4.78 is 2.43. The summed E-state index contributed by atoms with van der Waals surface area (Å²) in [4.78, 5) is 22.8. The standard InChI is InChI=1S/C11H15BrN2O3/c1-3-4-8(11(16)17)13-10(15)9-5-7(12)6-14(9)2/h5-6,8H,3-4H2,1-2H3,(H,13,15)(H,16,17)/t8-/m1/s1. The molecular weight excluding hydrogens is 288 g/mol. The van der Waals surface area contributed by atoms with Crippen LogP contribution in [0.2, 0.25) is 0 Å². The molecule has 0 spiro atoms. The summed E-state index contributed by atoms with van der Waals surface area (Å²) in [6.45, 7) is 1.88. The van der Waals surface area contributed by atoms with Gasteiger partial charge in [-0.05, 0) is 28.4 Å². The number of carbonyl (C=O) groups excluding carboxylic acids is 1. The molecule has 0 bridgehead atoms. The van der Waals surface area contributed by atoms with E-state index < -0.39 is 12.0 Å². The Labute approximate surface area is 108 Å². The number of hydrogen-bond acceptors (Lipinski definition) is 2. The molecule has 0 aliphatic rings. The fraction of sp³-hybridized carbons (Fsp3) is 0.455. The number of amides is 1. The molecular formula is C11H15BrN2O3. The second-order valence-corrected chi connectivity index (χ2v) is 4.72. The highest BCUT2D eigenvalue weighted by Gasteiger charge is 2.21. The van der Waals surface area contributed by atoms with Crippen LogP contribution < -0.4 is 5.32 Å². The molecule has 0 fully saturated rings. The van der Waals surface area contributed by atoms with Crippen molar-refractivity contribution in [3.63, 3.8) is 0 Å². The molecule has 0 saturated heterocycles. The molecule has 1 aromatic rings. The maximum Gasteiger partial charge on any atom is 0.326 e. The fourth-order valence-corrected chi connectivity index (χ4v) is 2.05. The number of aromatic nitrogens is 1. The highest BCUT2D eigenvalue weighted by atomic mass is 79.9. The van der Waals surface area contributed by atoms with Gasteiger partial charge in [0, 0.05) is 17.7 Å². The highest BCUT2D eigenvalue weighted by molar-refractivity contribution is 9.10. The maximum atomic E-state index is 11.9. The monoisotopic (exact) mass is 302 g/mol. The van der Waals surface area contributed by atoms with Crippen LogP contribution >= 0.6 is 15.9 Å². The van der Waals surface area contributed by atoms with Crippen molar-refractivity contribution in [2.45, 2.75) is 25.8 Å². The number of halogens is 1. The Balaban J connectivity index is 2.77. The van der Waals surface area contributed by atoms with Gasteiger partial charge in [0.05, 0.1) is 0 Å². The number of carboxylic acids is 1. The van der Waals surface area contributed by atoms with Gasteiger partial charge in [-0.1, -0.05) is 13.3 Å². The Morgan fingerprint density at radius 3 is 2.65 bits per heavy atom. The summed E-state index contributed by atoms with van der Waals surface area (Å²) in [5.74, 6) is -1.38. The van der Waals surface area contributed by atoms with E-state index in [0.29, 0.717) is 18.5 Å². The Morgan fingerprint density at radius 2 is 2.24 bits per heavy atom. The first-order valence-electron chi connectivity index (χ1n) is 5.31. The average Bonchev–Trinajstić information content (AvgIpc) is 2.57. The van der Waals surface area contributed by atoms with Crippen molar-refractivity contribution in [2.75, 3.05) is 0 Å². The molecule has 0 aliphatic heterocycles. The van der Waals surface area contributed by atoms with Gasteiger partial charge in [0.25, 0.3) is 5.91 Å². The summed E-state index contributed by atoms with van der Waals surface area (Å²) in [5.41, 5.74) is 0.430. The normalized spacial score (nSPS) is 12.2. The van der Waals surface area contributed by atoms with E-state index in [4.69, 9.17) is 5.11 Å². The molecule has 1 amide bonds. The lowest BCUT2D eigenvalue weighted by Gasteiger charge is -2.13. The molecule has 0 unspecified atom stereocenters. The third kappa shape index (κ3) is 3.59. The quantitative estimate of drug-likeness (QED) is 0.871. The molecule has 0 aliphatic carbocycles. The molecule has 0 saturated carbocycles. The van der Waals surface area contributed by atoms with Gasteiger partial charge in [-0.15, -0.1) is 0 Å². The minimum absolute atomic E-state index is 0.376. The van der Waals surface area contributed by atoms with E-state index in [1.165, 1.54) is 0 Å². The molecule has 6 heteroatoms. The van der Waals surface area contributed by atoms with E-state index in [-0.39, 0.29) is 5.91 Å². The molecule has 0 aromatic carbocycles. The molecule has 0 radical (unpaired) electrons. The van der Waals surface area contributed by atoms with Crippen LogP contribution in [0.5, 0.6) is 0 Å². The molecule has 1 heterocycles. The largest absolute Gasteiger partial charge is 0.480 e. The number of hydrogen-bond donors (Lipinski definition) is 2. The van der Waals surface area contributed by atoms with E-state index in [1.807, 2.05) is 6.92 Å². The molecule has 1 aromatic heterocycles. The number of nitrogens with zero attached hydrogens (tertiary/aromatic N) is 1. The maximum absolute atomic E-state index is 11.9. The Hall–Kier alpha value is -1.30. The van der Waals surface area contributed by atoms with Crippen molar-refractivity contribution in [1.29, 1.82) is 0 Å². The first kappa shape index (κ1) is 13.8. The molecule has 17 heavy (non-hydrogen) atoms. The summed E-state index contributed by atoms with van der Waals surface area (Å²) in [6, 6.07) is 0.821. The topological polar surface area (TPSA) is 71.3 Å². The molecule has 1 rings (SSSR count). The minimum atomic E-state index is -1.01. The van der Waals surface area contributed by atoms with E-state index in [1.54, 1.807) is 23.9 Å². The van der Waals surface area contributed by atoms with Crippen LogP contribution in [0.25, 0.3) is 0 Å². The molecule has 94 valence electrons. The van der Waals surface area contributed by atoms with Crippen LogP contribution in [0.15, 0.2) is 16.7 Å². The van der Waals surface area contributed by atoms with E-state index in [9.17, 15) is 9.59 Å². The summed E-state index contributed by atoms with van der Waals surface area (Å²) in [6.07, 6.45) is 2.87. The molecule has 2 N–H and O–H groups in total. The van der Waals surface area contributed by atoms with Crippen LogP contribution in [0.3, 0.4) is 0 Å². The van der Waals surface area contributed by atoms with E-state index in [0.717, 1.165) is 4.47 Å². The van der Waals surface area contributed by atoms with E-state index in [2.05, 4.69) is 21.2 Å². The number of aliphatic carboxylic acids is 1. The van der Waals surface area contributed by atoms with Crippen molar-refractivity contribution >= 4 is 27.8 Å². The number of rotatable bonds is 5. The second kappa shape index (κ2) is 5.86. The summed E-state index contributed by atoms with van der Waals surface area (Å²) in [7, 11) is 1.73. The summed E-state index contributed by atoms with van der Waals surface area (Å²) >= 11 is 3.26. The Morgan fingerprint density at radius 1 is 1.59 bits per heavy atom. The predicted molar refractivity (Wildman–Crippen MR) is 66.9 cm³/mol. The lowest BCUT2D eigenvalue weighted by atomic mass is 10.1. The third-order valence-corrected chi connectivity index (χ3v) is 2.82. The lowest BCUT2D eigenvalue weighted by molar-refractivity contribution is -0.139. The number of aryl methyl sites for hydroxylation is 1. The van der Waals surface area contributed by atoms with E-state index >= 15 is 0 Å². The number of carbonyl (C=O) groups is 2. The van der Waals surface area contributed by atoms with Crippen LogP contribution in [-0.4, -0.2) is 27.6 Å². The van der Waals surface area contributed by atoms with Gasteiger partial charge in [0.2, 0.25) is 0 Å². The van der Waals surface area contributed by atoms with Crippen molar-refractivity contribution < 1.29 is 14.7 Å². The zero-order valence-corrected chi connectivity index (χ0v) is 11.3. The van der Waals surface area contributed by atoms with Crippen LogP contribution in [-0.2, 0) is 11.8 Å². The zero-order chi connectivity index (χ0) is 13.0. The highest BCUT2D eigenvalue weighted by Crippen LogP contribution is 2.13. The average molecular weight is 303 g/mol. The van der Waals surface area contributed by atoms with Gasteiger partial charge in [-0.3, -0.25) is 4.79 Å². The number of carboxylic acid groups (broad SMARTS) is 1. The fourth-order valence-electron chi connectivity index (χ4n) is 1.53. The number of nitrogens with one attached hydrogen (secondary N) is 1. The molecule has 5 nitrogen and oxygen atoms in total. The van der Waals surface area contributed by atoms with Crippen LogP contribution in [0, 0.1) is 0 Å². The molecule has 1 atom stereocenters. The van der Waals surface area contributed by atoms with Gasteiger partial charge in [-0.25, -0.2) is 4.79 Å². The van der Waals surface area contributed by atoms with Crippen molar-refractivity contribution in [3.05, 3.63) is 22.4 Å². The lowest BCUT2D eigenvalue weighted by Crippen LogP contribution is -2.41. The zero-order valence-electron chi connectivity index (χ0n) is 9.74. The van der Waals surface area contributed by atoms with Crippen LogP contribution in [0.1, 0.15) is 30.3 Å². The minimum Gasteiger partial charge on any atom is -0.480 e. The van der Waals surface area contributed by atoms with Gasteiger partial charge in [-0.2, -0.15) is 0 Å². The summed E-state index contributed by atoms with van der Waals surface area (Å²) in [5, 5.41) is 11.5. The Kier molecular flexibility index (Phi) is 4.74. The van der Waals surface area contributed by atoms with Gasteiger partial charge < -0.3 is 15.0 Å². The second-order valence-electron chi connectivity index (χ2n) is 3.81. The van der Waals surface area contributed by atoms with Crippen LogP contribution in [0.4, 0.5) is 0 Å². The SMILES string of the molecule is CCC[C@@H](NC(=O)c1cc(Br)cn1C)C(=O)O. The van der Waals surface area contributed by atoms with Gasteiger partial charge in [0.1, 0.15) is 11.7 Å². The first-order valence-corrected chi connectivity index (χ1v) is 6.10. The van der Waals surface area contributed by atoms with Crippen molar-refractivity contribution in [3.8, 4) is 0 Å². The smallest absolute Gasteiger partial charge is 0.326 e. The predicted octanol–water partition coefficient (Wildman–Crippen LogP) is 1.77. The first-order chi connectivity index (χ1) is 7.95. The Bertz CT molecular complexity index is 428. The van der Waals surface area contributed by atoms with Gasteiger partial charge in [0.15, 0.2) is 0 Å².